The van der Waals surface area contributed by atoms with Gasteiger partial charge in [-0.05, 0) is 59.5 Å². The number of hydrogen-bond acceptors (Lipinski definition) is 5. The Balaban J connectivity index is 1.47. The number of aliphatic hydroxyl groups is 1. The molecule has 0 saturated carbocycles. The van der Waals surface area contributed by atoms with E-state index in [0.717, 1.165) is 22.3 Å². The molecule has 0 aromatic heterocycles. The standard InChI is InChI=1S/C36H35ClN2O4/c37-31-16-7-12-28(26-31)21-23-38-35(41)36(22-8-13-27-10-3-1-4-11-27)33(29-14-5-2-6-15-29)43-34(39-36)30-17-19-32(20-18-30)42-25-9-24-40/h1-8,10-20,26,33,40H,9,21-25H2,(H,38,41)/b13-8+/t33-,36-/m1/s1. The molecule has 7 heteroatoms. The minimum Gasteiger partial charge on any atom is -0.494 e. The minimum atomic E-state index is -1.24. The van der Waals surface area contributed by atoms with Crippen molar-refractivity contribution >= 4 is 29.5 Å². The van der Waals surface area contributed by atoms with Crippen molar-refractivity contribution in [3.8, 4) is 5.75 Å². The molecule has 43 heavy (non-hydrogen) atoms. The van der Waals surface area contributed by atoms with E-state index in [1.807, 2.05) is 121 Å². The third-order valence-corrected chi connectivity index (χ3v) is 7.49. The third-order valence-electron chi connectivity index (χ3n) is 7.26. The summed E-state index contributed by atoms with van der Waals surface area (Å²) >= 11 is 6.18. The second-order valence-electron chi connectivity index (χ2n) is 10.4. The first-order valence-electron chi connectivity index (χ1n) is 14.5. The number of carbonyl (C=O) groups is 1. The summed E-state index contributed by atoms with van der Waals surface area (Å²) in [6.07, 6.45) is 4.88. The molecule has 0 unspecified atom stereocenters. The van der Waals surface area contributed by atoms with Crippen LogP contribution in [0.1, 0.15) is 41.2 Å². The molecule has 0 bridgehead atoms. The number of rotatable bonds is 13. The molecule has 2 atom stereocenters. The number of nitrogens with zero attached hydrogens (tertiary/aromatic N) is 1. The normalized spacial score (nSPS) is 17.8. The van der Waals surface area contributed by atoms with Crippen molar-refractivity contribution in [3.05, 3.63) is 143 Å². The molecule has 0 fully saturated rings. The van der Waals surface area contributed by atoms with Crippen LogP contribution >= 0.6 is 11.6 Å². The predicted molar refractivity (Wildman–Crippen MR) is 171 cm³/mol. The largest absolute Gasteiger partial charge is 0.494 e. The maximum atomic E-state index is 14.2. The Bertz CT molecular complexity index is 1540. The van der Waals surface area contributed by atoms with Crippen LogP contribution in [-0.4, -0.2) is 42.2 Å². The first kappa shape index (κ1) is 30.1. The van der Waals surface area contributed by atoms with Crippen LogP contribution < -0.4 is 10.1 Å². The van der Waals surface area contributed by atoms with E-state index in [9.17, 15) is 4.79 Å². The predicted octanol–water partition coefficient (Wildman–Crippen LogP) is 6.82. The fraction of sp³-hybridized carbons (Fsp3) is 0.222. The Morgan fingerprint density at radius 3 is 2.44 bits per heavy atom. The van der Waals surface area contributed by atoms with Gasteiger partial charge < -0.3 is 19.9 Å². The Labute approximate surface area is 257 Å². The second kappa shape index (κ2) is 14.7. The Morgan fingerprint density at radius 1 is 0.977 bits per heavy atom. The summed E-state index contributed by atoms with van der Waals surface area (Å²) in [5.41, 5.74) is 2.44. The van der Waals surface area contributed by atoms with Gasteiger partial charge in [0.25, 0.3) is 5.91 Å². The van der Waals surface area contributed by atoms with E-state index in [1.165, 1.54) is 0 Å². The van der Waals surface area contributed by atoms with E-state index in [-0.39, 0.29) is 12.5 Å². The van der Waals surface area contributed by atoms with Gasteiger partial charge in [0.2, 0.25) is 5.90 Å². The van der Waals surface area contributed by atoms with Crippen molar-refractivity contribution in [2.45, 2.75) is 30.9 Å². The van der Waals surface area contributed by atoms with Gasteiger partial charge in [-0.25, -0.2) is 4.99 Å². The van der Waals surface area contributed by atoms with E-state index in [0.29, 0.717) is 49.1 Å². The van der Waals surface area contributed by atoms with Crippen LogP contribution in [0.4, 0.5) is 0 Å². The second-order valence-corrected chi connectivity index (χ2v) is 10.8. The number of amides is 1. The lowest BCUT2D eigenvalue weighted by Crippen LogP contribution is -2.48. The van der Waals surface area contributed by atoms with Crippen LogP contribution in [0.15, 0.2) is 120 Å². The van der Waals surface area contributed by atoms with E-state index in [2.05, 4.69) is 5.32 Å². The monoisotopic (exact) mass is 594 g/mol. The Hall–Kier alpha value is -4.39. The number of aliphatic hydroxyl groups excluding tert-OH is 1. The quantitative estimate of drug-likeness (QED) is 0.166. The molecule has 4 aromatic rings. The zero-order chi connectivity index (χ0) is 29.9. The van der Waals surface area contributed by atoms with Crippen molar-refractivity contribution in [2.75, 3.05) is 19.8 Å². The van der Waals surface area contributed by atoms with Crippen LogP contribution in [0.3, 0.4) is 0 Å². The molecule has 6 nitrogen and oxygen atoms in total. The van der Waals surface area contributed by atoms with Gasteiger partial charge in [0, 0.05) is 36.6 Å². The van der Waals surface area contributed by atoms with Gasteiger partial charge >= 0.3 is 0 Å². The number of hydrogen-bond donors (Lipinski definition) is 2. The molecule has 1 heterocycles. The topological polar surface area (TPSA) is 80.2 Å². The van der Waals surface area contributed by atoms with Crippen LogP contribution in [0.5, 0.6) is 5.75 Å². The zero-order valence-electron chi connectivity index (χ0n) is 23.9. The highest BCUT2D eigenvalue weighted by Gasteiger charge is 2.52. The highest BCUT2D eigenvalue weighted by molar-refractivity contribution is 6.30. The van der Waals surface area contributed by atoms with Gasteiger partial charge in [0.1, 0.15) is 5.75 Å². The zero-order valence-corrected chi connectivity index (χ0v) is 24.6. The van der Waals surface area contributed by atoms with Crippen molar-refractivity contribution in [1.29, 1.82) is 0 Å². The molecular formula is C36H35ClN2O4. The molecule has 0 aliphatic carbocycles. The highest BCUT2D eigenvalue weighted by atomic mass is 35.5. The molecular weight excluding hydrogens is 560 g/mol. The fourth-order valence-electron chi connectivity index (χ4n) is 5.05. The van der Waals surface area contributed by atoms with Gasteiger partial charge in [0.15, 0.2) is 11.6 Å². The third kappa shape index (κ3) is 7.72. The smallest absolute Gasteiger partial charge is 0.252 e. The number of aliphatic imine (C=N–C) groups is 1. The van der Waals surface area contributed by atoms with Gasteiger partial charge in [-0.1, -0.05) is 96.5 Å². The lowest BCUT2D eigenvalue weighted by Gasteiger charge is -2.29. The highest BCUT2D eigenvalue weighted by Crippen LogP contribution is 2.43. The minimum absolute atomic E-state index is 0.0750. The number of nitrogens with one attached hydrogen (secondary N) is 1. The molecule has 2 N–H and O–H groups in total. The van der Waals surface area contributed by atoms with Crippen molar-refractivity contribution in [3.63, 3.8) is 0 Å². The van der Waals surface area contributed by atoms with Crippen LogP contribution in [0.2, 0.25) is 5.02 Å². The average molecular weight is 595 g/mol. The number of carbonyl (C=O) groups excluding carboxylic acids is 1. The molecule has 220 valence electrons. The van der Waals surface area contributed by atoms with E-state index >= 15 is 0 Å². The first-order valence-corrected chi connectivity index (χ1v) is 14.8. The number of ether oxygens (including phenoxy) is 2. The first-order chi connectivity index (χ1) is 21.1. The van der Waals surface area contributed by atoms with E-state index < -0.39 is 11.6 Å². The van der Waals surface area contributed by atoms with E-state index in [1.54, 1.807) is 0 Å². The van der Waals surface area contributed by atoms with Gasteiger partial charge in [-0.2, -0.15) is 0 Å². The SMILES string of the molecule is O=C(NCCc1cccc(Cl)c1)[C@]1(C/C=C/c2ccccc2)N=C(c2ccc(OCCCO)cc2)O[C@@H]1c1ccccc1. The summed E-state index contributed by atoms with van der Waals surface area (Å²) in [5, 5.41) is 12.9. The van der Waals surface area contributed by atoms with Gasteiger partial charge in [-0.3, -0.25) is 4.79 Å². The van der Waals surface area contributed by atoms with E-state index in [4.69, 9.17) is 31.2 Å². The average Bonchev–Trinajstić information content (AvgIpc) is 3.43. The maximum Gasteiger partial charge on any atom is 0.252 e. The van der Waals surface area contributed by atoms with Crippen LogP contribution in [-0.2, 0) is 16.0 Å². The molecule has 4 aromatic carbocycles. The summed E-state index contributed by atoms with van der Waals surface area (Å²) in [5.74, 6) is 0.875. The molecule has 5 rings (SSSR count). The Kier molecular flexibility index (Phi) is 10.3. The summed E-state index contributed by atoms with van der Waals surface area (Å²) < 4.78 is 12.3. The summed E-state index contributed by atoms with van der Waals surface area (Å²) in [7, 11) is 0. The van der Waals surface area contributed by atoms with Gasteiger partial charge in [-0.15, -0.1) is 0 Å². The fourth-order valence-corrected chi connectivity index (χ4v) is 5.26. The van der Waals surface area contributed by atoms with Gasteiger partial charge in [0.05, 0.1) is 6.61 Å². The summed E-state index contributed by atoms with van der Waals surface area (Å²) in [6.45, 7) is 0.927. The maximum absolute atomic E-state index is 14.2. The van der Waals surface area contributed by atoms with Crippen molar-refractivity contribution in [2.24, 2.45) is 4.99 Å². The van der Waals surface area contributed by atoms with Crippen LogP contribution in [0, 0.1) is 0 Å². The lowest BCUT2D eigenvalue weighted by atomic mass is 9.84. The van der Waals surface area contributed by atoms with Crippen LogP contribution in [0.25, 0.3) is 6.08 Å². The molecule has 0 saturated heterocycles. The van der Waals surface area contributed by atoms with Crippen molar-refractivity contribution in [1.82, 2.24) is 5.32 Å². The number of halogens is 1. The number of benzene rings is 4. The summed E-state index contributed by atoms with van der Waals surface area (Å²) in [6, 6.07) is 34.8. The summed E-state index contributed by atoms with van der Waals surface area (Å²) in [4.78, 5) is 19.3. The molecule has 0 radical (unpaired) electrons. The van der Waals surface area contributed by atoms with Crippen molar-refractivity contribution < 1.29 is 19.4 Å². The lowest BCUT2D eigenvalue weighted by molar-refractivity contribution is -0.128. The molecule has 1 aliphatic heterocycles. The molecule has 1 amide bonds. The molecule has 0 spiro atoms. The molecule has 1 aliphatic rings. The Morgan fingerprint density at radius 2 is 1.72 bits per heavy atom.